The van der Waals surface area contributed by atoms with E-state index in [9.17, 15) is 0 Å². The summed E-state index contributed by atoms with van der Waals surface area (Å²) >= 11 is 0. The van der Waals surface area contributed by atoms with Crippen molar-refractivity contribution in [1.29, 1.82) is 0 Å². The summed E-state index contributed by atoms with van der Waals surface area (Å²) in [5.74, 6) is 0. The standard InChI is InChI=1S/C17H18N4/c1-2-18-17(14-9-5-3-6-10-14)16-13-19-21(20-16)15-11-7-4-8-12-15/h3-13,17-18H,2H2,1H3. The van der Waals surface area contributed by atoms with Crippen LogP contribution < -0.4 is 5.32 Å². The van der Waals surface area contributed by atoms with Gasteiger partial charge in [-0.1, -0.05) is 55.5 Å². The lowest BCUT2D eigenvalue weighted by Crippen LogP contribution is -2.22. The molecule has 3 aromatic rings. The molecule has 0 spiro atoms. The lowest BCUT2D eigenvalue weighted by atomic mass is 10.0. The minimum atomic E-state index is 0.0636. The van der Waals surface area contributed by atoms with Crippen LogP contribution in [0.25, 0.3) is 5.69 Å². The molecule has 0 aliphatic carbocycles. The van der Waals surface area contributed by atoms with Crippen LogP contribution in [0.3, 0.4) is 0 Å². The first-order chi connectivity index (χ1) is 10.4. The van der Waals surface area contributed by atoms with Crippen LogP contribution in [0, 0.1) is 0 Å². The third-order valence-electron chi connectivity index (χ3n) is 3.33. The Kier molecular flexibility index (Phi) is 4.07. The van der Waals surface area contributed by atoms with Crippen molar-refractivity contribution in [2.75, 3.05) is 6.54 Å². The van der Waals surface area contributed by atoms with Gasteiger partial charge in [0.15, 0.2) is 0 Å². The molecular formula is C17H18N4. The number of rotatable bonds is 5. The summed E-state index contributed by atoms with van der Waals surface area (Å²) in [5.41, 5.74) is 3.08. The van der Waals surface area contributed by atoms with Gasteiger partial charge in [0, 0.05) is 0 Å². The molecule has 0 bridgehead atoms. The summed E-state index contributed by atoms with van der Waals surface area (Å²) in [4.78, 5) is 1.67. The van der Waals surface area contributed by atoms with Crippen LogP contribution in [-0.2, 0) is 0 Å². The lowest BCUT2D eigenvalue weighted by molar-refractivity contribution is 0.605. The van der Waals surface area contributed by atoms with Crippen LogP contribution in [0.15, 0.2) is 66.9 Å². The Morgan fingerprint density at radius 2 is 1.67 bits per heavy atom. The SMILES string of the molecule is CCNC(c1ccccc1)c1cnn(-c2ccccc2)n1. The van der Waals surface area contributed by atoms with Crippen LogP contribution in [0.4, 0.5) is 0 Å². The summed E-state index contributed by atoms with van der Waals surface area (Å²) in [6, 6.07) is 20.3. The van der Waals surface area contributed by atoms with Crippen LogP contribution in [0.5, 0.6) is 0 Å². The Bertz CT molecular complexity index is 676. The zero-order chi connectivity index (χ0) is 14.5. The van der Waals surface area contributed by atoms with E-state index in [1.54, 1.807) is 4.80 Å². The molecule has 4 nitrogen and oxygen atoms in total. The monoisotopic (exact) mass is 278 g/mol. The average Bonchev–Trinajstić information content (AvgIpc) is 3.04. The second-order valence-corrected chi connectivity index (χ2v) is 4.80. The predicted molar refractivity (Wildman–Crippen MR) is 83.3 cm³/mol. The van der Waals surface area contributed by atoms with E-state index in [0.29, 0.717) is 0 Å². The maximum atomic E-state index is 4.62. The highest BCUT2D eigenvalue weighted by molar-refractivity contribution is 5.30. The van der Waals surface area contributed by atoms with Gasteiger partial charge < -0.3 is 5.32 Å². The Morgan fingerprint density at radius 1 is 1.00 bits per heavy atom. The van der Waals surface area contributed by atoms with Crippen molar-refractivity contribution in [3.63, 3.8) is 0 Å². The molecule has 21 heavy (non-hydrogen) atoms. The van der Waals surface area contributed by atoms with Gasteiger partial charge in [0.2, 0.25) is 0 Å². The number of nitrogens with zero attached hydrogens (tertiary/aromatic N) is 3. The molecule has 2 aromatic carbocycles. The number of hydrogen-bond donors (Lipinski definition) is 1. The number of para-hydroxylation sites is 1. The quantitative estimate of drug-likeness (QED) is 0.780. The van der Waals surface area contributed by atoms with E-state index in [2.05, 4.69) is 34.6 Å². The van der Waals surface area contributed by atoms with Crippen LogP contribution in [0.2, 0.25) is 0 Å². The zero-order valence-electron chi connectivity index (χ0n) is 12.0. The predicted octanol–water partition coefficient (Wildman–Crippen LogP) is 2.97. The molecule has 3 rings (SSSR count). The molecule has 0 fully saturated rings. The zero-order valence-corrected chi connectivity index (χ0v) is 12.0. The van der Waals surface area contributed by atoms with Crippen LogP contribution >= 0.6 is 0 Å². The third-order valence-corrected chi connectivity index (χ3v) is 3.33. The van der Waals surface area contributed by atoms with Crippen LogP contribution in [-0.4, -0.2) is 21.5 Å². The van der Waals surface area contributed by atoms with Crippen molar-refractivity contribution in [1.82, 2.24) is 20.3 Å². The van der Waals surface area contributed by atoms with Gasteiger partial charge >= 0.3 is 0 Å². The van der Waals surface area contributed by atoms with Crippen molar-refractivity contribution >= 4 is 0 Å². The van der Waals surface area contributed by atoms with Gasteiger partial charge in [0.05, 0.1) is 17.9 Å². The van der Waals surface area contributed by atoms with Gasteiger partial charge in [0.25, 0.3) is 0 Å². The summed E-state index contributed by atoms with van der Waals surface area (Å²) < 4.78 is 0. The summed E-state index contributed by atoms with van der Waals surface area (Å²) in [6.45, 7) is 2.97. The van der Waals surface area contributed by atoms with E-state index in [4.69, 9.17) is 0 Å². The normalized spacial score (nSPS) is 12.2. The largest absolute Gasteiger partial charge is 0.305 e. The maximum Gasteiger partial charge on any atom is 0.105 e. The fourth-order valence-corrected chi connectivity index (χ4v) is 2.34. The first-order valence-corrected chi connectivity index (χ1v) is 7.14. The Morgan fingerprint density at radius 3 is 2.33 bits per heavy atom. The minimum absolute atomic E-state index is 0.0636. The van der Waals surface area contributed by atoms with E-state index >= 15 is 0 Å². The smallest absolute Gasteiger partial charge is 0.105 e. The van der Waals surface area contributed by atoms with Gasteiger partial charge in [0.1, 0.15) is 5.69 Å². The Hall–Kier alpha value is -2.46. The molecule has 0 amide bonds. The van der Waals surface area contributed by atoms with E-state index in [0.717, 1.165) is 17.9 Å². The van der Waals surface area contributed by atoms with E-state index in [1.165, 1.54) is 5.56 Å². The molecule has 1 heterocycles. The summed E-state index contributed by atoms with van der Waals surface area (Å²) in [5, 5.41) is 12.5. The Balaban J connectivity index is 1.93. The molecule has 0 saturated heterocycles. The molecule has 1 aromatic heterocycles. The highest BCUT2D eigenvalue weighted by Gasteiger charge is 2.16. The highest BCUT2D eigenvalue weighted by Crippen LogP contribution is 2.20. The molecule has 1 unspecified atom stereocenters. The van der Waals surface area contributed by atoms with Crippen molar-refractivity contribution < 1.29 is 0 Å². The van der Waals surface area contributed by atoms with Gasteiger partial charge in [-0.15, -0.1) is 0 Å². The molecule has 0 aliphatic heterocycles. The van der Waals surface area contributed by atoms with Gasteiger partial charge in [-0.3, -0.25) is 0 Å². The fraction of sp³-hybridized carbons (Fsp3) is 0.176. The number of nitrogens with one attached hydrogen (secondary N) is 1. The first-order valence-electron chi connectivity index (χ1n) is 7.14. The highest BCUT2D eigenvalue weighted by atomic mass is 15.5. The number of aromatic nitrogens is 3. The first kappa shape index (κ1) is 13.5. The third kappa shape index (κ3) is 3.01. The average molecular weight is 278 g/mol. The second kappa shape index (κ2) is 6.33. The van der Waals surface area contributed by atoms with E-state index in [-0.39, 0.29) is 6.04 Å². The van der Waals surface area contributed by atoms with Crippen LogP contribution in [0.1, 0.15) is 24.2 Å². The topological polar surface area (TPSA) is 42.7 Å². The maximum absolute atomic E-state index is 4.62. The van der Waals surface area contributed by atoms with Gasteiger partial charge in [-0.25, -0.2) is 0 Å². The van der Waals surface area contributed by atoms with E-state index < -0.39 is 0 Å². The lowest BCUT2D eigenvalue weighted by Gasteiger charge is -2.15. The molecule has 1 N–H and O–H groups in total. The number of hydrogen-bond acceptors (Lipinski definition) is 3. The molecule has 1 atom stereocenters. The van der Waals surface area contributed by atoms with Crippen molar-refractivity contribution in [2.45, 2.75) is 13.0 Å². The second-order valence-electron chi connectivity index (χ2n) is 4.80. The molecular weight excluding hydrogens is 260 g/mol. The minimum Gasteiger partial charge on any atom is -0.305 e. The molecule has 0 saturated carbocycles. The van der Waals surface area contributed by atoms with Gasteiger partial charge in [-0.2, -0.15) is 15.0 Å². The molecule has 0 aliphatic rings. The van der Waals surface area contributed by atoms with Crippen molar-refractivity contribution in [2.24, 2.45) is 0 Å². The van der Waals surface area contributed by atoms with E-state index in [1.807, 2.05) is 54.7 Å². The van der Waals surface area contributed by atoms with Gasteiger partial charge in [-0.05, 0) is 24.2 Å². The molecule has 4 heteroatoms. The number of benzene rings is 2. The van der Waals surface area contributed by atoms with Crippen molar-refractivity contribution in [3.05, 3.63) is 78.1 Å². The summed E-state index contributed by atoms with van der Waals surface area (Å²) in [7, 11) is 0. The molecule has 0 radical (unpaired) electrons. The molecule has 106 valence electrons. The Labute approximate surface area is 124 Å². The summed E-state index contributed by atoms with van der Waals surface area (Å²) in [6.07, 6.45) is 1.83. The van der Waals surface area contributed by atoms with Crippen molar-refractivity contribution in [3.8, 4) is 5.69 Å². The fourth-order valence-electron chi connectivity index (χ4n) is 2.34.